The van der Waals surface area contributed by atoms with Crippen LogP contribution < -0.4 is 82.7 Å². The van der Waals surface area contributed by atoms with Crippen molar-refractivity contribution in [2.24, 2.45) is 51.0 Å². The van der Waals surface area contributed by atoms with Crippen LogP contribution in [0.1, 0.15) is 121 Å². The number of nitrogens with one attached hydrogen (secondary N) is 8. The summed E-state index contributed by atoms with van der Waals surface area (Å²) in [5.74, 6) is -9.80. The van der Waals surface area contributed by atoms with Gasteiger partial charge in [-0.3, -0.25) is 67.3 Å². The fraction of sp³-hybridized carbons (Fsp3) is 0.587. The molecule has 4 rings (SSSR count). The highest BCUT2D eigenvalue weighted by Crippen LogP contribution is 2.24. The van der Waals surface area contributed by atoms with E-state index in [1.165, 1.54) is 21.6 Å². The van der Waals surface area contributed by atoms with Gasteiger partial charge in [0.05, 0.1) is 12.6 Å². The number of carbonyl (C=O) groups excluding carboxylic acids is 13. The second-order valence-electron chi connectivity index (χ2n) is 24.1. The van der Waals surface area contributed by atoms with Crippen molar-refractivity contribution >= 4 is 94.5 Å². The van der Waals surface area contributed by atoms with Crippen LogP contribution in [0.2, 0.25) is 0 Å². The van der Waals surface area contributed by atoms with Gasteiger partial charge in [-0.05, 0) is 119 Å². The number of guanidine groups is 1. The van der Waals surface area contributed by atoms with Crippen LogP contribution in [-0.2, 0) is 75.2 Å². The van der Waals surface area contributed by atoms with Crippen molar-refractivity contribution in [2.75, 3.05) is 44.7 Å². The maximum Gasteiger partial charge on any atom is 0.245 e. The van der Waals surface area contributed by atoms with E-state index in [-0.39, 0.29) is 83.0 Å². The maximum atomic E-state index is 14.7. The van der Waals surface area contributed by atoms with Gasteiger partial charge >= 0.3 is 0 Å². The molecule has 0 saturated carbocycles. The average Bonchev–Trinajstić information content (AvgIpc) is 1.74. The lowest BCUT2D eigenvalue weighted by molar-refractivity contribution is -0.144. The van der Waals surface area contributed by atoms with E-state index in [2.05, 4.69) is 47.5 Å². The molecule has 10 atom stereocenters. The van der Waals surface area contributed by atoms with Crippen molar-refractivity contribution in [2.45, 2.75) is 183 Å². The average molecular weight is 1350 g/mol. The van der Waals surface area contributed by atoms with Crippen molar-refractivity contribution in [1.29, 1.82) is 0 Å². The number of nitrogens with zero attached hydrogens (tertiary/aromatic N) is 3. The third-order valence-electron chi connectivity index (χ3n) is 16.0. The molecule has 0 aliphatic carbocycles. The fourth-order valence-electron chi connectivity index (χ4n) is 11.0. The van der Waals surface area contributed by atoms with E-state index in [0.717, 1.165) is 0 Å². The first-order valence-electron chi connectivity index (χ1n) is 32.2. The van der Waals surface area contributed by atoms with Gasteiger partial charge in [-0.2, -0.15) is 11.8 Å². The summed E-state index contributed by atoms with van der Waals surface area (Å²) < 4.78 is 0. The monoisotopic (exact) mass is 1350 g/mol. The second-order valence-corrected chi connectivity index (χ2v) is 25.1. The van der Waals surface area contributed by atoms with E-state index in [1.807, 2.05) is 20.1 Å². The molecule has 2 heterocycles. The molecule has 2 saturated heterocycles. The molecule has 0 unspecified atom stereocenters. The van der Waals surface area contributed by atoms with Gasteiger partial charge in [-0.25, -0.2) is 0 Å². The van der Waals surface area contributed by atoms with Crippen LogP contribution >= 0.6 is 11.8 Å². The van der Waals surface area contributed by atoms with Crippen LogP contribution in [0.5, 0.6) is 0 Å². The number of carbonyl (C=O) groups is 13. The van der Waals surface area contributed by atoms with E-state index < -0.39 is 169 Å². The van der Waals surface area contributed by atoms with Crippen LogP contribution in [0.3, 0.4) is 0 Å². The molecule has 22 N–H and O–H groups in total. The second kappa shape index (κ2) is 41.0. The molecule has 2 aromatic carbocycles. The number of amides is 13. The van der Waals surface area contributed by atoms with Crippen molar-refractivity contribution < 1.29 is 62.3 Å². The molecule has 0 radical (unpaired) electrons. The molecule has 2 aromatic rings. The normalized spacial score (nSPS) is 16.8. The number of benzene rings is 2. The minimum atomic E-state index is -1.64. The summed E-state index contributed by atoms with van der Waals surface area (Å²) in [4.78, 5) is 185. The predicted molar refractivity (Wildman–Crippen MR) is 356 cm³/mol. The van der Waals surface area contributed by atoms with Crippen molar-refractivity contribution in [3.8, 4) is 0 Å². The number of hydrogen-bond donors (Lipinski definition) is 15. The zero-order valence-electron chi connectivity index (χ0n) is 54.5. The van der Waals surface area contributed by atoms with Gasteiger partial charge in [0.2, 0.25) is 76.8 Å². The Hall–Kier alpha value is -8.91. The molecule has 31 nitrogen and oxygen atoms in total. The molecule has 32 heteroatoms. The van der Waals surface area contributed by atoms with Gasteiger partial charge in [-0.15, -0.1) is 0 Å². The first-order valence-corrected chi connectivity index (χ1v) is 33.6. The van der Waals surface area contributed by atoms with Gasteiger partial charge < -0.3 is 92.5 Å². The van der Waals surface area contributed by atoms with Gasteiger partial charge in [0.25, 0.3) is 0 Å². The zero-order valence-corrected chi connectivity index (χ0v) is 55.3. The Kier molecular flexibility index (Phi) is 33.9. The van der Waals surface area contributed by atoms with Gasteiger partial charge in [-0.1, -0.05) is 74.5 Å². The molecule has 2 fully saturated rings. The van der Waals surface area contributed by atoms with E-state index in [0.29, 0.717) is 55.4 Å². The number of nitrogens with two attached hydrogens (primary N) is 7. The summed E-state index contributed by atoms with van der Waals surface area (Å²) in [5, 5.41) is 21.1. The Bertz CT molecular complexity index is 2960. The Balaban J connectivity index is 1.56. The van der Waals surface area contributed by atoms with Crippen LogP contribution in [-0.4, -0.2) is 198 Å². The van der Waals surface area contributed by atoms with Crippen LogP contribution in [0.15, 0.2) is 65.7 Å². The summed E-state index contributed by atoms with van der Waals surface area (Å²) >= 11 is 1.45. The van der Waals surface area contributed by atoms with E-state index in [9.17, 15) is 62.3 Å². The summed E-state index contributed by atoms with van der Waals surface area (Å²) in [7, 11) is 0. The standard InChI is InChI=1S/C63H98N18O13S/c1-37(2)33-45(57(89)74-41(53(68)85)27-32-95-3)73-52(84)36-72-54(86)46(34-38-15-6-4-7-16-38)78-58(90)47(35-39-17-8-5-9-18-39)79-56(88)42(23-25-50(66)82)75-55(87)43(24-26-51(67)83)76-59(91)49-22-14-31-81(49)62(94)44(20-10-11-28-64)77-60(92)48-21-13-30-80(48)61(93)40(65)19-12-29-71-63(69)70/h4-9,15-18,37,40-49H,10-14,19-36,64-65H2,1-3H3,(H2,66,82)(H2,67,83)(H2,68,85)(H,72,86)(H,73,84)(H,74,89)(H,75,87)(H,76,91)(H,77,92)(H,78,90)(H,79,88)(H4,69,70,71)/t40-,41-,42+,43+,44-,45+,46-,47-,48-,49-/m0/s1. The lowest BCUT2D eigenvalue weighted by Crippen LogP contribution is -2.60. The molecule has 0 aromatic heterocycles. The zero-order chi connectivity index (χ0) is 70.1. The van der Waals surface area contributed by atoms with Crippen LogP contribution in [0, 0.1) is 5.92 Å². The molecular formula is C63H98N18O13S. The summed E-state index contributed by atoms with van der Waals surface area (Å²) in [6.45, 7) is 3.86. The molecular weight excluding hydrogens is 1250 g/mol. The van der Waals surface area contributed by atoms with Crippen molar-refractivity contribution in [3.63, 3.8) is 0 Å². The number of likely N-dealkylation sites (tertiary alicyclic amines) is 2. The predicted octanol–water partition coefficient (Wildman–Crippen LogP) is -3.71. The smallest absolute Gasteiger partial charge is 0.245 e. The number of aliphatic imine (C=N–C) groups is 1. The highest BCUT2D eigenvalue weighted by molar-refractivity contribution is 7.98. The quantitative estimate of drug-likeness (QED) is 0.0173. The van der Waals surface area contributed by atoms with Crippen LogP contribution in [0.4, 0.5) is 0 Å². The third kappa shape index (κ3) is 27.5. The molecule has 13 amide bonds. The number of unbranched alkanes of at least 4 members (excludes halogenated alkanes) is 1. The van der Waals surface area contributed by atoms with Crippen LogP contribution in [0.25, 0.3) is 0 Å². The first-order chi connectivity index (χ1) is 45.2. The topological polar surface area (TPSA) is 519 Å². The third-order valence-corrected chi connectivity index (χ3v) is 16.7. The highest BCUT2D eigenvalue weighted by Gasteiger charge is 2.42. The Morgan fingerprint density at radius 2 is 1.01 bits per heavy atom. The SMILES string of the molecule is CSCC[C@H](NC(=O)[C@@H](CC(C)C)NC(=O)CNC(=O)[C@H](Cc1ccccc1)NC(=O)[C@H](Cc1ccccc1)NC(=O)[C@@H](CCC(N)=O)NC(=O)[C@@H](CCC(N)=O)NC(=O)[C@@H]1CCCN1C(=O)[C@H](CCCCN)NC(=O)[C@@H]1CCCN1C(=O)[C@@H](N)CCCN=C(N)N)C(N)=O. The fourth-order valence-corrected chi connectivity index (χ4v) is 11.5. The number of thioether (sulfide) groups is 1. The Morgan fingerprint density at radius 3 is 1.51 bits per heavy atom. The highest BCUT2D eigenvalue weighted by atomic mass is 32.2. The van der Waals surface area contributed by atoms with E-state index in [4.69, 9.17) is 40.1 Å². The molecule has 95 heavy (non-hydrogen) atoms. The lowest BCUT2D eigenvalue weighted by Gasteiger charge is -2.32. The summed E-state index contributed by atoms with van der Waals surface area (Å²) in [6.07, 6.45) is 3.12. The van der Waals surface area contributed by atoms with Gasteiger partial charge in [0, 0.05) is 45.3 Å². The van der Waals surface area contributed by atoms with Crippen molar-refractivity contribution in [1.82, 2.24) is 52.3 Å². The van der Waals surface area contributed by atoms with E-state index >= 15 is 0 Å². The van der Waals surface area contributed by atoms with Gasteiger partial charge in [0.1, 0.15) is 54.4 Å². The molecule has 2 aliphatic heterocycles. The molecule has 0 bridgehead atoms. The maximum absolute atomic E-state index is 14.7. The Labute approximate surface area is 558 Å². The molecule has 524 valence electrons. The number of rotatable bonds is 42. The summed E-state index contributed by atoms with van der Waals surface area (Å²) in [5.41, 5.74) is 40.6. The minimum Gasteiger partial charge on any atom is -0.370 e. The molecule has 2 aliphatic rings. The van der Waals surface area contributed by atoms with E-state index in [1.54, 1.807) is 60.7 Å². The minimum absolute atomic E-state index is 0.0736. The molecule has 0 spiro atoms. The summed E-state index contributed by atoms with van der Waals surface area (Å²) in [6, 6.07) is 4.51. The largest absolute Gasteiger partial charge is 0.370 e. The van der Waals surface area contributed by atoms with Gasteiger partial charge in [0.15, 0.2) is 5.96 Å². The number of primary amides is 3. The number of hydrogen-bond acceptors (Lipinski definition) is 17. The first kappa shape index (κ1) is 78.5. The Morgan fingerprint density at radius 1 is 0.537 bits per heavy atom. The van der Waals surface area contributed by atoms with Crippen molar-refractivity contribution in [3.05, 3.63) is 71.8 Å². The lowest BCUT2D eigenvalue weighted by atomic mass is 10.0.